The van der Waals surface area contributed by atoms with Gasteiger partial charge < -0.3 is 30.6 Å². The summed E-state index contributed by atoms with van der Waals surface area (Å²) in [6.07, 6.45) is 2.36. The van der Waals surface area contributed by atoms with E-state index in [2.05, 4.69) is 15.6 Å². The summed E-state index contributed by atoms with van der Waals surface area (Å²) in [6, 6.07) is 4.90. The number of anilines is 1. The van der Waals surface area contributed by atoms with Crippen LogP contribution in [0.3, 0.4) is 0 Å². The van der Waals surface area contributed by atoms with Gasteiger partial charge >= 0.3 is 5.97 Å². The molecule has 0 radical (unpaired) electrons. The van der Waals surface area contributed by atoms with Gasteiger partial charge in [0.15, 0.2) is 0 Å². The molecule has 2 rings (SSSR count). The van der Waals surface area contributed by atoms with Gasteiger partial charge in [-0.25, -0.2) is 4.79 Å². The minimum atomic E-state index is -0.792. The first-order valence-corrected chi connectivity index (χ1v) is 10.2. The Kier molecular flexibility index (Phi) is 8.25. The topological polar surface area (TPSA) is 124 Å². The Balaban J connectivity index is 2.27. The quantitative estimate of drug-likeness (QED) is 0.355. The molecule has 2 atom stereocenters. The van der Waals surface area contributed by atoms with Crippen LogP contribution in [-0.4, -0.2) is 59.5 Å². The number of esters is 1. The fraction of sp³-hybridized carbons (Fsp3) is 0.545. The van der Waals surface area contributed by atoms with Gasteiger partial charge in [-0.15, -0.1) is 0 Å². The number of methoxy groups -OCH3 is 1. The predicted octanol–water partition coefficient (Wildman–Crippen LogP) is 1.96. The molecular formula is C22H33N3O5. The zero-order valence-corrected chi connectivity index (χ0v) is 18.1. The van der Waals surface area contributed by atoms with Gasteiger partial charge in [0, 0.05) is 47.6 Å². The van der Waals surface area contributed by atoms with E-state index in [-0.39, 0.29) is 25.5 Å². The molecule has 0 saturated carbocycles. The van der Waals surface area contributed by atoms with Gasteiger partial charge in [0.1, 0.15) is 6.04 Å². The monoisotopic (exact) mass is 419 g/mol. The molecule has 8 nitrogen and oxygen atoms in total. The van der Waals surface area contributed by atoms with Gasteiger partial charge in [-0.2, -0.15) is 0 Å². The molecule has 2 aromatic rings. The first-order valence-electron chi connectivity index (χ1n) is 10.2. The second-order valence-electron chi connectivity index (χ2n) is 8.18. The Morgan fingerprint density at radius 1 is 1.30 bits per heavy atom. The SMILES string of the molecule is CCCC(=O)N[C@@H](Cc1c[nH]c2cccc(NC[C@H](O)C(C)(C)CO)c12)C(=O)OC. The van der Waals surface area contributed by atoms with Crippen molar-refractivity contribution in [3.05, 3.63) is 30.0 Å². The Hall–Kier alpha value is -2.58. The molecule has 1 aromatic carbocycles. The van der Waals surface area contributed by atoms with Gasteiger partial charge in [-0.3, -0.25) is 4.79 Å². The molecule has 1 aromatic heterocycles. The highest BCUT2D eigenvalue weighted by molar-refractivity contribution is 5.95. The van der Waals surface area contributed by atoms with E-state index in [4.69, 9.17) is 4.74 Å². The number of aromatic amines is 1. The maximum Gasteiger partial charge on any atom is 0.328 e. The summed E-state index contributed by atoms with van der Waals surface area (Å²) in [5.41, 5.74) is 1.87. The van der Waals surface area contributed by atoms with Crippen LogP contribution in [-0.2, 0) is 20.7 Å². The van der Waals surface area contributed by atoms with Crippen LogP contribution >= 0.6 is 0 Å². The number of ether oxygens (including phenoxy) is 1. The van der Waals surface area contributed by atoms with Crippen LogP contribution in [0.2, 0.25) is 0 Å². The Labute approximate surface area is 177 Å². The van der Waals surface area contributed by atoms with Crippen LogP contribution in [0.5, 0.6) is 0 Å². The Morgan fingerprint density at radius 2 is 2.03 bits per heavy atom. The van der Waals surface area contributed by atoms with Crippen LogP contribution in [0.4, 0.5) is 5.69 Å². The lowest BCUT2D eigenvalue weighted by molar-refractivity contribution is -0.145. The summed E-state index contributed by atoms with van der Waals surface area (Å²) in [7, 11) is 1.30. The van der Waals surface area contributed by atoms with Crippen molar-refractivity contribution < 1.29 is 24.5 Å². The van der Waals surface area contributed by atoms with E-state index < -0.39 is 23.5 Å². The third-order valence-electron chi connectivity index (χ3n) is 5.30. The number of aliphatic hydroxyl groups is 2. The normalized spacial score (nSPS) is 13.7. The van der Waals surface area contributed by atoms with Crippen molar-refractivity contribution in [3.8, 4) is 0 Å². The van der Waals surface area contributed by atoms with Crippen LogP contribution in [0.25, 0.3) is 10.9 Å². The maximum absolute atomic E-state index is 12.2. The Morgan fingerprint density at radius 3 is 2.67 bits per heavy atom. The van der Waals surface area contributed by atoms with Crippen molar-refractivity contribution in [2.75, 3.05) is 25.6 Å². The van der Waals surface area contributed by atoms with Crippen LogP contribution < -0.4 is 10.6 Å². The molecule has 1 heterocycles. The van der Waals surface area contributed by atoms with Gasteiger partial charge in [-0.05, 0) is 24.1 Å². The second kappa shape index (κ2) is 10.4. The van der Waals surface area contributed by atoms with Crippen molar-refractivity contribution in [3.63, 3.8) is 0 Å². The lowest BCUT2D eigenvalue weighted by atomic mass is 9.87. The summed E-state index contributed by atoms with van der Waals surface area (Å²) in [6.45, 7) is 5.61. The van der Waals surface area contributed by atoms with Gasteiger partial charge in [0.05, 0.1) is 19.8 Å². The van der Waals surface area contributed by atoms with Crippen LogP contribution in [0.15, 0.2) is 24.4 Å². The third kappa shape index (κ3) is 5.73. The number of benzene rings is 1. The van der Waals surface area contributed by atoms with E-state index in [1.807, 2.05) is 31.3 Å². The molecule has 0 fully saturated rings. The first kappa shape index (κ1) is 23.7. The van der Waals surface area contributed by atoms with E-state index >= 15 is 0 Å². The molecule has 166 valence electrons. The third-order valence-corrected chi connectivity index (χ3v) is 5.30. The fourth-order valence-electron chi connectivity index (χ4n) is 3.20. The number of aliphatic hydroxyl groups excluding tert-OH is 2. The molecule has 5 N–H and O–H groups in total. The summed E-state index contributed by atoms with van der Waals surface area (Å²) in [5.74, 6) is -0.695. The lowest BCUT2D eigenvalue weighted by Crippen LogP contribution is -2.42. The fourth-order valence-corrected chi connectivity index (χ4v) is 3.20. The molecule has 0 aliphatic heterocycles. The van der Waals surface area contributed by atoms with Gasteiger partial charge in [-0.1, -0.05) is 26.8 Å². The number of hydrogen-bond donors (Lipinski definition) is 5. The average molecular weight is 420 g/mol. The zero-order chi connectivity index (χ0) is 22.3. The van der Waals surface area contributed by atoms with Crippen molar-refractivity contribution in [1.82, 2.24) is 10.3 Å². The van der Waals surface area contributed by atoms with Crippen LogP contribution in [0, 0.1) is 5.41 Å². The van der Waals surface area contributed by atoms with Gasteiger partial charge in [0.2, 0.25) is 5.91 Å². The smallest absolute Gasteiger partial charge is 0.328 e. The highest BCUT2D eigenvalue weighted by Crippen LogP contribution is 2.29. The minimum Gasteiger partial charge on any atom is -0.467 e. The lowest BCUT2D eigenvalue weighted by Gasteiger charge is -2.28. The molecule has 8 heteroatoms. The number of rotatable bonds is 11. The number of carbonyl (C=O) groups excluding carboxylic acids is 2. The second-order valence-corrected chi connectivity index (χ2v) is 8.18. The standard InChI is InChI=1S/C22H33N3O5/c1-5-7-19(28)25-17(21(29)30-4)10-14-11-23-15-8-6-9-16(20(14)15)24-12-18(27)22(2,3)13-26/h6,8-9,11,17-18,23-24,26-27H,5,7,10,12-13H2,1-4H3,(H,25,28)/t17-,18-/m0/s1. The highest BCUT2D eigenvalue weighted by atomic mass is 16.5. The molecule has 1 amide bonds. The molecule has 0 saturated heterocycles. The largest absolute Gasteiger partial charge is 0.467 e. The first-order chi connectivity index (χ1) is 14.2. The number of aromatic nitrogens is 1. The maximum atomic E-state index is 12.2. The average Bonchev–Trinajstić information content (AvgIpc) is 3.14. The Bertz CT molecular complexity index is 862. The number of nitrogens with one attached hydrogen (secondary N) is 3. The van der Waals surface area contributed by atoms with E-state index in [9.17, 15) is 19.8 Å². The number of hydrogen-bond acceptors (Lipinski definition) is 6. The van der Waals surface area contributed by atoms with Gasteiger partial charge in [0.25, 0.3) is 0 Å². The summed E-state index contributed by atoms with van der Waals surface area (Å²) < 4.78 is 4.88. The van der Waals surface area contributed by atoms with Crippen LogP contribution in [0.1, 0.15) is 39.2 Å². The molecule has 0 bridgehead atoms. The summed E-state index contributed by atoms with van der Waals surface area (Å²) >= 11 is 0. The molecule has 0 aliphatic rings. The van der Waals surface area contributed by atoms with Crippen molar-refractivity contribution >= 4 is 28.5 Å². The summed E-state index contributed by atoms with van der Waals surface area (Å²) in [5, 5.41) is 26.7. The molecule has 0 spiro atoms. The highest BCUT2D eigenvalue weighted by Gasteiger charge is 2.27. The molecular weight excluding hydrogens is 386 g/mol. The predicted molar refractivity (Wildman–Crippen MR) is 116 cm³/mol. The molecule has 0 unspecified atom stereocenters. The van der Waals surface area contributed by atoms with E-state index in [1.165, 1.54) is 7.11 Å². The molecule has 0 aliphatic carbocycles. The molecule has 30 heavy (non-hydrogen) atoms. The zero-order valence-electron chi connectivity index (χ0n) is 18.1. The van der Waals surface area contributed by atoms with Crippen molar-refractivity contribution in [2.24, 2.45) is 5.41 Å². The number of carbonyl (C=O) groups is 2. The number of fused-ring (bicyclic) bond motifs is 1. The van der Waals surface area contributed by atoms with E-state index in [0.29, 0.717) is 12.8 Å². The van der Waals surface area contributed by atoms with E-state index in [0.717, 1.165) is 22.2 Å². The van der Waals surface area contributed by atoms with E-state index in [1.54, 1.807) is 13.8 Å². The minimum absolute atomic E-state index is 0.131. The van der Waals surface area contributed by atoms with Crippen molar-refractivity contribution in [2.45, 2.75) is 52.2 Å². The summed E-state index contributed by atoms with van der Waals surface area (Å²) in [4.78, 5) is 27.5. The number of amides is 1. The number of H-pyrrole nitrogens is 1. The van der Waals surface area contributed by atoms with Crippen molar-refractivity contribution in [1.29, 1.82) is 0 Å².